The molecule has 2 N–H and O–H groups in total. The summed E-state index contributed by atoms with van der Waals surface area (Å²) in [5.41, 5.74) is 4.96. The number of sulfonamides is 1. The van der Waals surface area contributed by atoms with Crippen LogP contribution in [0.3, 0.4) is 0 Å². The summed E-state index contributed by atoms with van der Waals surface area (Å²) in [5, 5.41) is 5.28. The zero-order valence-electron chi connectivity index (χ0n) is 23.9. The number of primary sulfonamides is 1. The highest BCUT2D eigenvalue weighted by atomic mass is 32.2. The van der Waals surface area contributed by atoms with Crippen LogP contribution in [0.15, 0.2) is 76.0 Å². The van der Waals surface area contributed by atoms with Crippen molar-refractivity contribution in [2.45, 2.75) is 70.6 Å². The fourth-order valence-corrected chi connectivity index (χ4v) is 7.05. The summed E-state index contributed by atoms with van der Waals surface area (Å²) < 4.78 is 28.8. The average Bonchev–Trinajstić information content (AvgIpc) is 2.85. The van der Waals surface area contributed by atoms with Crippen molar-refractivity contribution in [3.8, 4) is 5.75 Å². The van der Waals surface area contributed by atoms with Gasteiger partial charge < -0.3 is 9.64 Å². The van der Waals surface area contributed by atoms with Crippen LogP contribution in [0.25, 0.3) is 0 Å². The van der Waals surface area contributed by atoms with Gasteiger partial charge in [0.15, 0.2) is 11.6 Å². The van der Waals surface area contributed by atoms with E-state index in [1.54, 1.807) is 19.2 Å². The van der Waals surface area contributed by atoms with Crippen LogP contribution < -0.4 is 9.88 Å². The van der Waals surface area contributed by atoms with E-state index in [0.29, 0.717) is 25.8 Å². The van der Waals surface area contributed by atoms with Crippen molar-refractivity contribution in [2.75, 3.05) is 13.7 Å². The molecule has 40 heavy (non-hydrogen) atoms. The van der Waals surface area contributed by atoms with Crippen LogP contribution in [0.1, 0.15) is 70.4 Å². The Morgan fingerprint density at radius 2 is 1.32 bits per heavy atom. The third-order valence-electron chi connectivity index (χ3n) is 8.35. The molecule has 0 spiro atoms. The molecule has 5 rings (SSSR count). The van der Waals surface area contributed by atoms with Gasteiger partial charge in [-0.15, -0.1) is 0 Å². The Labute approximate surface area is 237 Å². The number of nitrogens with two attached hydrogens (primary N) is 1. The first kappa shape index (κ1) is 28.3. The summed E-state index contributed by atoms with van der Waals surface area (Å²) in [7, 11) is -2.15. The zero-order chi connectivity index (χ0) is 29.0. The Bertz CT molecular complexity index is 1480. The van der Waals surface area contributed by atoms with Gasteiger partial charge in [0.05, 0.1) is 12.0 Å². The molecule has 0 radical (unpaired) electrons. The van der Waals surface area contributed by atoms with Crippen molar-refractivity contribution in [1.82, 2.24) is 4.90 Å². The third-order valence-corrected chi connectivity index (χ3v) is 9.28. The molecular formula is C32H38N2O5S. The van der Waals surface area contributed by atoms with Crippen LogP contribution in [0.2, 0.25) is 0 Å². The van der Waals surface area contributed by atoms with Gasteiger partial charge in [0, 0.05) is 47.8 Å². The van der Waals surface area contributed by atoms with Crippen molar-refractivity contribution in [1.29, 1.82) is 0 Å². The minimum absolute atomic E-state index is 0.0748. The number of carbonyl (C=O) groups is 2. The fourth-order valence-electron chi connectivity index (χ4n) is 6.53. The van der Waals surface area contributed by atoms with E-state index in [1.165, 1.54) is 12.1 Å². The van der Waals surface area contributed by atoms with Gasteiger partial charge in [-0.3, -0.25) is 9.59 Å². The molecule has 2 aromatic rings. The first-order valence-electron chi connectivity index (χ1n) is 13.7. The second-order valence-electron chi connectivity index (χ2n) is 12.9. The third kappa shape index (κ3) is 5.39. The van der Waals surface area contributed by atoms with E-state index in [4.69, 9.17) is 9.88 Å². The number of ketones is 2. The molecule has 0 aromatic heterocycles. The monoisotopic (exact) mass is 562 g/mol. The maximum absolute atomic E-state index is 13.9. The number of methoxy groups -OCH3 is 1. The predicted molar refractivity (Wildman–Crippen MR) is 154 cm³/mol. The van der Waals surface area contributed by atoms with E-state index < -0.39 is 15.9 Å². The maximum Gasteiger partial charge on any atom is 0.238 e. The Kier molecular flexibility index (Phi) is 7.07. The van der Waals surface area contributed by atoms with Crippen LogP contribution in [0.4, 0.5) is 0 Å². The molecule has 1 heterocycles. The van der Waals surface area contributed by atoms with Gasteiger partial charge in [-0.1, -0.05) is 52.0 Å². The van der Waals surface area contributed by atoms with E-state index in [1.807, 2.05) is 24.3 Å². The molecule has 2 aliphatic carbocycles. The summed E-state index contributed by atoms with van der Waals surface area (Å²) in [6.45, 7) is 9.08. The Balaban J connectivity index is 1.63. The van der Waals surface area contributed by atoms with Crippen molar-refractivity contribution >= 4 is 21.6 Å². The standard InChI is InChI=1S/C32H38N2O5S/c1-31(2)16-24-29(26(35)18-31)28(21-8-10-22(39-5)11-9-21)30-25(17-32(3,4)19-27(30)36)34(24)15-14-20-6-12-23(13-7-20)40(33,37)38/h6-13,28H,14-19H2,1-5H3,(H2,33,37,38). The lowest BCUT2D eigenvalue weighted by Crippen LogP contribution is -2.45. The summed E-state index contributed by atoms with van der Waals surface area (Å²) in [5.74, 6) is 0.524. The van der Waals surface area contributed by atoms with Crippen LogP contribution in [0, 0.1) is 10.8 Å². The molecule has 7 nitrogen and oxygen atoms in total. The largest absolute Gasteiger partial charge is 0.497 e. The van der Waals surface area contributed by atoms with E-state index in [-0.39, 0.29) is 27.3 Å². The summed E-state index contributed by atoms with van der Waals surface area (Å²) in [6.07, 6.45) is 2.95. The second kappa shape index (κ2) is 10.00. The number of ether oxygens (including phenoxy) is 1. The number of hydrogen-bond acceptors (Lipinski definition) is 6. The van der Waals surface area contributed by atoms with Gasteiger partial charge in [0.1, 0.15) is 5.75 Å². The van der Waals surface area contributed by atoms with Crippen LogP contribution >= 0.6 is 0 Å². The topological polar surface area (TPSA) is 107 Å². The molecule has 1 aliphatic heterocycles. The van der Waals surface area contributed by atoms with E-state index >= 15 is 0 Å². The predicted octanol–water partition coefficient (Wildman–Crippen LogP) is 5.27. The minimum atomic E-state index is -3.77. The van der Waals surface area contributed by atoms with Gasteiger partial charge >= 0.3 is 0 Å². The van der Waals surface area contributed by atoms with Crippen molar-refractivity contribution in [3.05, 3.63) is 82.2 Å². The van der Waals surface area contributed by atoms with Crippen molar-refractivity contribution < 1.29 is 22.7 Å². The molecule has 0 amide bonds. The lowest BCUT2D eigenvalue weighted by Gasteiger charge is -2.49. The van der Waals surface area contributed by atoms with Gasteiger partial charge in [0.2, 0.25) is 10.0 Å². The highest BCUT2D eigenvalue weighted by molar-refractivity contribution is 7.89. The lowest BCUT2D eigenvalue weighted by molar-refractivity contribution is -0.119. The number of Topliss-reactive ketones (excluding diaryl/α,β-unsaturated/α-hetero) is 2. The second-order valence-corrected chi connectivity index (χ2v) is 14.5. The van der Waals surface area contributed by atoms with E-state index in [2.05, 4.69) is 32.6 Å². The van der Waals surface area contributed by atoms with Crippen LogP contribution in [-0.2, 0) is 26.0 Å². The number of carbonyl (C=O) groups excluding carboxylic acids is 2. The van der Waals surface area contributed by atoms with Gasteiger partial charge in [-0.25, -0.2) is 13.6 Å². The summed E-state index contributed by atoms with van der Waals surface area (Å²) in [6, 6.07) is 14.3. The molecule has 212 valence electrons. The van der Waals surface area contributed by atoms with Crippen molar-refractivity contribution in [2.24, 2.45) is 16.0 Å². The Morgan fingerprint density at radius 3 is 1.77 bits per heavy atom. The van der Waals surface area contributed by atoms with E-state index in [9.17, 15) is 18.0 Å². The fraction of sp³-hybridized carbons (Fsp3) is 0.438. The molecule has 0 bridgehead atoms. The molecule has 0 atom stereocenters. The first-order chi connectivity index (χ1) is 18.7. The van der Waals surface area contributed by atoms with Gasteiger partial charge in [0.25, 0.3) is 0 Å². The quantitative estimate of drug-likeness (QED) is 0.514. The van der Waals surface area contributed by atoms with Crippen LogP contribution in [0.5, 0.6) is 5.75 Å². The zero-order valence-corrected chi connectivity index (χ0v) is 24.7. The molecule has 3 aliphatic rings. The average molecular weight is 563 g/mol. The lowest BCUT2D eigenvalue weighted by atomic mass is 9.63. The number of hydrogen-bond donors (Lipinski definition) is 1. The van der Waals surface area contributed by atoms with Crippen LogP contribution in [-0.4, -0.2) is 38.5 Å². The molecule has 0 unspecified atom stereocenters. The Hall–Kier alpha value is -3.23. The summed E-state index contributed by atoms with van der Waals surface area (Å²) in [4.78, 5) is 30.1. The molecule has 0 saturated carbocycles. The minimum Gasteiger partial charge on any atom is -0.497 e. The molecule has 0 saturated heterocycles. The normalized spacial score (nSPS) is 20.9. The highest BCUT2D eigenvalue weighted by Gasteiger charge is 2.48. The number of benzene rings is 2. The molecule has 2 aromatic carbocycles. The van der Waals surface area contributed by atoms with Gasteiger partial charge in [-0.05, 0) is 65.5 Å². The number of allylic oxidation sites excluding steroid dienone is 4. The number of rotatable bonds is 6. The summed E-state index contributed by atoms with van der Waals surface area (Å²) >= 11 is 0. The highest BCUT2D eigenvalue weighted by Crippen LogP contribution is 2.54. The first-order valence-corrected chi connectivity index (χ1v) is 15.3. The molecule has 0 fully saturated rings. The van der Waals surface area contributed by atoms with E-state index in [0.717, 1.165) is 52.3 Å². The molecule has 8 heteroatoms. The van der Waals surface area contributed by atoms with Crippen molar-refractivity contribution in [3.63, 3.8) is 0 Å². The van der Waals surface area contributed by atoms with Gasteiger partial charge in [-0.2, -0.15) is 0 Å². The molecular weight excluding hydrogens is 524 g/mol. The Morgan fingerprint density at radius 1 is 0.825 bits per heavy atom. The smallest absolute Gasteiger partial charge is 0.238 e. The maximum atomic E-state index is 13.9. The SMILES string of the molecule is COc1ccc(C2C3=C(CC(C)(C)CC3=O)N(CCc3ccc(S(N)(=O)=O)cc3)C3=C2C(=O)CC(C)(C)C3)cc1. The number of nitrogens with zero attached hydrogens (tertiary/aromatic N) is 1.